The highest BCUT2D eigenvalue weighted by Crippen LogP contribution is 2.43. The van der Waals surface area contributed by atoms with Gasteiger partial charge in [0.05, 0.1) is 0 Å². The van der Waals surface area contributed by atoms with Crippen LogP contribution in [0, 0.1) is 11.8 Å². The molecule has 98 valence electrons. The van der Waals surface area contributed by atoms with E-state index in [1.54, 1.807) is 10.4 Å². The molecule has 4 atom stereocenters. The minimum atomic E-state index is 0.723. The third-order valence-electron chi connectivity index (χ3n) is 5.40. The Labute approximate surface area is 113 Å². The molecule has 2 nitrogen and oxygen atoms in total. The molecule has 2 aliphatic heterocycles. The van der Waals surface area contributed by atoms with E-state index in [2.05, 4.69) is 28.6 Å². The predicted octanol–water partition coefficient (Wildman–Crippen LogP) is 2.67. The lowest BCUT2D eigenvalue weighted by atomic mass is 9.91. The molecule has 1 N–H and O–H groups in total. The molecule has 0 amide bonds. The highest BCUT2D eigenvalue weighted by atomic mass is 32.1. The summed E-state index contributed by atoms with van der Waals surface area (Å²) in [5.74, 6) is 1.80. The van der Waals surface area contributed by atoms with Crippen molar-refractivity contribution in [3.05, 3.63) is 21.9 Å². The van der Waals surface area contributed by atoms with Crippen molar-refractivity contribution in [3.8, 4) is 0 Å². The maximum Gasteiger partial charge on any atom is 0.0362 e. The molecule has 4 rings (SSSR count). The van der Waals surface area contributed by atoms with Crippen molar-refractivity contribution in [1.29, 1.82) is 0 Å². The lowest BCUT2D eigenvalue weighted by Crippen LogP contribution is -2.37. The lowest BCUT2D eigenvalue weighted by Gasteiger charge is -2.35. The van der Waals surface area contributed by atoms with Gasteiger partial charge in [0.15, 0.2) is 0 Å². The molecular formula is C15H22N2S. The second-order valence-electron chi connectivity index (χ2n) is 6.23. The SMILES string of the molecule is CC1C2CNCC2CN1C1CCCc2sccc21. The maximum absolute atomic E-state index is 3.57. The molecule has 4 unspecified atom stereocenters. The molecule has 0 aromatic carbocycles. The molecule has 3 heterocycles. The van der Waals surface area contributed by atoms with Gasteiger partial charge in [-0.25, -0.2) is 0 Å². The van der Waals surface area contributed by atoms with Crippen LogP contribution in [0.5, 0.6) is 0 Å². The third-order valence-corrected chi connectivity index (χ3v) is 6.40. The monoisotopic (exact) mass is 262 g/mol. The largest absolute Gasteiger partial charge is 0.316 e. The van der Waals surface area contributed by atoms with E-state index in [-0.39, 0.29) is 0 Å². The summed E-state index contributed by atoms with van der Waals surface area (Å²) in [6.07, 6.45) is 4.08. The van der Waals surface area contributed by atoms with E-state index in [9.17, 15) is 0 Å². The van der Waals surface area contributed by atoms with Gasteiger partial charge < -0.3 is 5.32 Å². The number of nitrogens with zero attached hydrogens (tertiary/aromatic N) is 1. The quantitative estimate of drug-likeness (QED) is 0.837. The van der Waals surface area contributed by atoms with E-state index in [0.717, 1.165) is 23.9 Å². The van der Waals surface area contributed by atoms with Crippen LogP contribution in [0.25, 0.3) is 0 Å². The van der Waals surface area contributed by atoms with E-state index >= 15 is 0 Å². The number of aryl methyl sites for hydroxylation is 1. The van der Waals surface area contributed by atoms with Crippen molar-refractivity contribution in [2.75, 3.05) is 19.6 Å². The second kappa shape index (κ2) is 4.32. The van der Waals surface area contributed by atoms with Gasteiger partial charge in [-0.1, -0.05) is 0 Å². The van der Waals surface area contributed by atoms with Gasteiger partial charge in [-0.3, -0.25) is 4.90 Å². The molecule has 2 fully saturated rings. The molecule has 3 heteroatoms. The fourth-order valence-corrected chi connectivity index (χ4v) is 5.40. The summed E-state index contributed by atoms with van der Waals surface area (Å²) >= 11 is 1.97. The molecular weight excluding hydrogens is 240 g/mol. The van der Waals surface area contributed by atoms with Crippen LogP contribution in [0.1, 0.15) is 36.2 Å². The molecule has 2 saturated heterocycles. The summed E-state index contributed by atoms with van der Waals surface area (Å²) in [7, 11) is 0. The Balaban J connectivity index is 1.62. The highest BCUT2D eigenvalue weighted by Gasteiger charge is 2.45. The van der Waals surface area contributed by atoms with Crippen LogP contribution in [0.3, 0.4) is 0 Å². The standard InChI is InChI=1S/C15H22N2S/c1-10-13-8-16-7-11(13)9-17(10)14-3-2-4-15-12(14)5-6-18-15/h5-6,10-11,13-14,16H,2-4,7-9H2,1H3. The number of likely N-dealkylation sites (tertiary alicyclic amines) is 1. The fraction of sp³-hybridized carbons (Fsp3) is 0.733. The molecule has 1 aromatic rings. The van der Waals surface area contributed by atoms with Crippen LogP contribution >= 0.6 is 11.3 Å². The van der Waals surface area contributed by atoms with Gasteiger partial charge in [0.25, 0.3) is 0 Å². The number of thiophene rings is 1. The molecule has 0 bridgehead atoms. The molecule has 0 saturated carbocycles. The van der Waals surface area contributed by atoms with Crippen LogP contribution in [-0.4, -0.2) is 30.6 Å². The summed E-state index contributed by atoms with van der Waals surface area (Å²) in [5.41, 5.74) is 1.66. The number of nitrogens with one attached hydrogen (secondary N) is 1. The van der Waals surface area contributed by atoms with E-state index in [1.807, 2.05) is 11.3 Å². The Morgan fingerprint density at radius 3 is 3.22 bits per heavy atom. The average molecular weight is 262 g/mol. The first-order valence-electron chi connectivity index (χ1n) is 7.37. The van der Waals surface area contributed by atoms with Gasteiger partial charge in [0.2, 0.25) is 0 Å². The van der Waals surface area contributed by atoms with Crippen molar-refractivity contribution in [1.82, 2.24) is 10.2 Å². The van der Waals surface area contributed by atoms with Crippen LogP contribution < -0.4 is 5.32 Å². The zero-order valence-electron chi connectivity index (χ0n) is 11.1. The Kier molecular flexibility index (Phi) is 2.75. The molecule has 0 radical (unpaired) electrons. The van der Waals surface area contributed by atoms with E-state index < -0.39 is 0 Å². The van der Waals surface area contributed by atoms with Crippen molar-refractivity contribution in [3.63, 3.8) is 0 Å². The zero-order valence-corrected chi connectivity index (χ0v) is 11.9. The second-order valence-corrected chi connectivity index (χ2v) is 7.23. The minimum absolute atomic E-state index is 0.723. The number of fused-ring (bicyclic) bond motifs is 2. The Morgan fingerprint density at radius 1 is 1.39 bits per heavy atom. The molecule has 3 aliphatic rings. The van der Waals surface area contributed by atoms with E-state index in [0.29, 0.717) is 0 Å². The highest BCUT2D eigenvalue weighted by molar-refractivity contribution is 7.10. The summed E-state index contributed by atoms with van der Waals surface area (Å²) in [4.78, 5) is 4.48. The number of hydrogen-bond donors (Lipinski definition) is 1. The van der Waals surface area contributed by atoms with Gasteiger partial charge >= 0.3 is 0 Å². The molecule has 0 spiro atoms. The van der Waals surface area contributed by atoms with Gasteiger partial charge in [-0.15, -0.1) is 11.3 Å². The first kappa shape index (κ1) is 11.4. The molecule has 1 aromatic heterocycles. The van der Waals surface area contributed by atoms with Crippen LogP contribution in [0.2, 0.25) is 0 Å². The summed E-state index contributed by atoms with van der Waals surface area (Å²) < 4.78 is 0. The van der Waals surface area contributed by atoms with E-state index in [1.165, 1.54) is 38.9 Å². The van der Waals surface area contributed by atoms with Gasteiger partial charge in [0, 0.05) is 23.5 Å². The first-order chi connectivity index (χ1) is 8.84. The Morgan fingerprint density at radius 2 is 2.33 bits per heavy atom. The van der Waals surface area contributed by atoms with Crippen molar-refractivity contribution in [2.45, 2.75) is 38.3 Å². The molecule has 1 aliphatic carbocycles. The van der Waals surface area contributed by atoms with Gasteiger partial charge in [-0.05, 0) is 68.1 Å². The normalized spacial score (nSPS) is 39.8. The molecule has 18 heavy (non-hydrogen) atoms. The number of rotatable bonds is 1. The fourth-order valence-electron chi connectivity index (χ4n) is 4.42. The van der Waals surface area contributed by atoms with Crippen molar-refractivity contribution >= 4 is 11.3 Å². The van der Waals surface area contributed by atoms with Gasteiger partial charge in [-0.2, -0.15) is 0 Å². The zero-order chi connectivity index (χ0) is 12.1. The number of hydrogen-bond acceptors (Lipinski definition) is 3. The van der Waals surface area contributed by atoms with Crippen LogP contribution in [0.15, 0.2) is 11.4 Å². The van der Waals surface area contributed by atoms with E-state index in [4.69, 9.17) is 0 Å². The maximum atomic E-state index is 3.57. The van der Waals surface area contributed by atoms with Gasteiger partial charge in [0.1, 0.15) is 0 Å². The van der Waals surface area contributed by atoms with Crippen molar-refractivity contribution in [2.24, 2.45) is 11.8 Å². The topological polar surface area (TPSA) is 15.3 Å². The van der Waals surface area contributed by atoms with Crippen LogP contribution in [-0.2, 0) is 6.42 Å². The third kappa shape index (κ3) is 1.60. The predicted molar refractivity (Wildman–Crippen MR) is 76.0 cm³/mol. The average Bonchev–Trinajstić information content (AvgIpc) is 3.06. The Bertz CT molecular complexity index is 441. The van der Waals surface area contributed by atoms with Crippen LogP contribution in [0.4, 0.5) is 0 Å². The lowest BCUT2D eigenvalue weighted by molar-refractivity contribution is 0.155. The van der Waals surface area contributed by atoms with Crippen molar-refractivity contribution < 1.29 is 0 Å². The first-order valence-corrected chi connectivity index (χ1v) is 8.25. The summed E-state index contributed by atoms with van der Waals surface area (Å²) in [6.45, 7) is 6.26. The summed E-state index contributed by atoms with van der Waals surface area (Å²) in [5, 5.41) is 5.87. The minimum Gasteiger partial charge on any atom is -0.316 e. The summed E-state index contributed by atoms with van der Waals surface area (Å²) in [6, 6.07) is 3.88. The Hall–Kier alpha value is -0.380. The smallest absolute Gasteiger partial charge is 0.0362 e.